The minimum atomic E-state index is -0.630. The van der Waals surface area contributed by atoms with E-state index in [1.54, 1.807) is 18.2 Å². The lowest BCUT2D eigenvalue weighted by Crippen LogP contribution is -2.00. The summed E-state index contributed by atoms with van der Waals surface area (Å²) >= 11 is 1.30. The van der Waals surface area contributed by atoms with Crippen LogP contribution in [0.5, 0.6) is 0 Å². The van der Waals surface area contributed by atoms with Crippen molar-refractivity contribution in [2.45, 2.75) is 23.3 Å². The maximum atomic E-state index is 13.7. The molecule has 4 aromatic rings. The summed E-state index contributed by atoms with van der Waals surface area (Å²) in [5.41, 5.74) is 2.31. The number of anilines is 1. The third-order valence-electron chi connectivity index (χ3n) is 4.78. The number of hydrogen-bond donors (Lipinski definition) is 1. The second-order valence-electron chi connectivity index (χ2n) is 6.99. The zero-order valence-electron chi connectivity index (χ0n) is 16.6. The van der Waals surface area contributed by atoms with E-state index >= 15 is 0 Å². The number of hydrogen-bond acceptors (Lipinski definition) is 4. The molecule has 8 heteroatoms. The SMILES string of the molecule is CCNc1ccc2c(Sc3ccccc3[N+](=O)[O-])cn(Cc3cc(F)cc(F)c3)c2c1. The van der Waals surface area contributed by atoms with Gasteiger partial charge < -0.3 is 9.88 Å². The summed E-state index contributed by atoms with van der Waals surface area (Å²) in [4.78, 5) is 12.4. The second kappa shape index (κ2) is 8.77. The van der Waals surface area contributed by atoms with Crippen LogP contribution in [-0.2, 0) is 6.54 Å². The maximum Gasteiger partial charge on any atom is 0.283 e. The number of nitro benzene ring substituents is 1. The van der Waals surface area contributed by atoms with Gasteiger partial charge in [0.2, 0.25) is 0 Å². The van der Waals surface area contributed by atoms with Crippen LogP contribution in [0, 0.1) is 21.7 Å². The first kappa shape index (κ1) is 20.9. The van der Waals surface area contributed by atoms with Gasteiger partial charge in [-0.3, -0.25) is 10.1 Å². The summed E-state index contributed by atoms with van der Waals surface area (Å²) in [5, 5.41) is 15.6. The van der Waals surface area contributed by atoms with Gasteiger partial charge in [0.25, 0.3) is 5.69 Å². The fourth-order valence-corrected chi connectivity index (χ4v) is 4.59. The molecule has 0 aliphatic heterocycles. The summed E-state index contributed by atoms with van der Waals surface area (Å²) < 4.78 is 29.3. The van der Waals surface area contributed by atoms with Gasteiger partial charge in [-0.1, -0.05) is 23.9 Å². The van der Waals surface area contributed by atoms with Crippen LogP contribution in [0.2, 0.25) is 0 Å². The highest BCUT2D eigenvalue weighted by Gasteiger charge is 2.17. The van der Waals surface area contributed by atoms with E-state index in [-0.39, 0.29) is 12.2 Å². The molecular weight excluding hydrogens is 420 g/mol. The van der Waals surface area contributed by atoms with Crippen molar-refractivity contribution in [2.24, 2.45) is 0 Å². The van der Waals surface area contributed by atoms with Crippen molar-refractivity contribution in [3.8, 4) is 0 Å². The summed E-state index contributed by atoms with van der Waals surface area (Å²) in [6.07, 6.45) is 1.87. The van der Waals surface area contributed by atoms with Gasteiger partial charge in [-0.2, -0.15) is 0 Å². The van der Waals surface area contributed by atoms with Crippen molar-refractivity contribution >= 4 is 34.0 Å². The third kappa shape index (κ3) is 4.54. The van der Waals surface area contributed by atoms with E-state index in [0.29, 0.717) is 10.5 Å². The lowest BCUT2D eigenvalue weighted by molar-refractivity contribution is -0.387. The van der Waals surface area contributed by atoms with Crippen LogP contribution in [0.25, 0.3) is 10.9 Å². The molecule has 0 saturated carbocycles. The van der Waals surface area contributed by atoms with Crippen LogP contribution in [-0.4, -0.2) is 16.0 Å². The highest BCUT2D eigenvalue weighted by molar-refractivity contribution is 7.99. The fraction of sp³-hybridized carbons (Fsp3) is 0.130. The van der Waals surface area contributed by atoms with Gasteiger partial charge >= 0.3 is 0 Å². The number of para-hydroxylation sites is 1. The number of benzene rings is 3. The van der Waals surface area contributed by atoms with Crippen molar-refractivity contribution < 1.29 is 13.7 Å². The van der Waals surface area contributed by atoms with E-state index in [4.69, 9.17) is 0 Å². The molecule has 0 fully saturated rings. The van der Waals surface area contributed by atoms with Crippen LogP contribution in [0.1, 0.15) is 12.5 Å². The summed E-state index contributed by atoms with van der Waals surface area (Å²) in [6.45, 7) is 3.01. The molecule has 0 amide bonds. The molecule has 0 spiro atoms. The standard InChI is InChI=1S/C23H19F2N3O2S/c1-2-26-18-7-8-19-21(12-18)27(13-15-9-16(24)11-17(25)10-15)14-23(19)31-22-6-4-3-5-20(22)28(29)30/h3-12,14,26H,2,13H2,1H3. The predicted molar refractivity (Wildman–Crippen MR) is 119 cm³/mol. The average Bonchev–Trinajstić information content (AvgIpc) is 3.04. The third-order valence-corrected chi connectivity index (χ3v) is 5.89. The molecule has 4 rings (SSSR count). The average molecular weight is 439 g/mol. The molecule has 0 atom stereocenters. The first-order valence-electron chi connectivity index (χ1n) is 9.67. The Morgan fingerprint density at radius 3 is 2.48 bits per heavy atom. The largest absolute Gasteiger partial charge is 0.385 e. The molecule has 1 N–H and O–H groups in total. The first-order chi connectivity index (χ1) is 14.9. The molecule has 5 nitrogen and oxygen atoms in total. The van der Waals surface area contributed by atoms with Gasteiger partial charge in [0.05, 0.1) is 15.3 Å². The van der Waals surface area contributed by atoms with Crippen LogP contribution in [0.15, 0.2) is 76.7 Å². The molecule has 3 aromatic carbocycles. The highest BCUT2D eigenvalue weighted by atomic mass is 32.2. The molecule has 0 radical (unpaired) electrons. The van der Waals surface area contributed by atoms with Gasteiger partial charge in [0.1, 0.15) is 11.6 Å². The van der Waals surface area contributed by atoms with Crippen LogP contribution < -0.4 is 5.32 Å². The molecule has 1 heterocycles. The minimum absolute atomic E-state index is 0.0323. The van der Waals surface area contributed by atoms with Crippen LogP contribution in [0.3, 0.4) is 0 Å². The number of nitro groups is 1. The zero-order chi connectivity index (χ0) is 22.0. The molecule has 0 aliphatic carbocycles. The first-order valence-corrected chi connectivity index (χ1v) is 10.5. The lowest BCUT2D eigenvalue weighted by Gasteiger charge is -2.08. The number of nitrogens with one attached hydrogen (secondary N) is 1. The Balaban J connectivity index is 1.80. The Bertz CT molecular complexity index is 1250. The molecular formula is C23H19F2N3O2S. The Labute approximate surface area is 181 Å². The molecule has 0 unspecified atom stereocenters. The molecule has 0 aliphatic rings. The van der Waals surface area contributed by atoms with E-state index in [0.717, 1.165) is 34.1 Å². The van der Waals surface area contributed by atoms with Crippen molar-refractivity contribution in [1.82, 2.24) is 4.57 Å². The van der Waals surface area contributed by atoms with Gasteiger partial charge in [0, 0.05) is 47.4 Å². The summed E-state index contributed by atoms with van der Waals surface area (Å²) in [5.74, 6) is -1.26. The minimum Gasteiger partial charge on any atom is -0.385 e. The van der Waals surface area contributed by atoms with Crippen LogP contribution >= 0.6 is 11.8 Å². The summed E-state index contributed by atoms with van der Waals surface area (Å²) in [6, 6.07) is 15.9. The van der Waals surface area contributed by atoms with E-state index in [1.807, 2.05) is 35.9 Å². The Hall–Kier alpha value is -3.39. The topological polar surface area (TPSA) is 60.1 Å². The Morgan fingerprint density at radius 1 is 1.03 bits per heavy atom. The highest BCUT2D eigenvalue weighted by Crippen LogP contribution is 2.40. The molecule has 1 aromatic heterocycles. The molecule has 31 heavy (non-hydrogen) atoms. The second-order valence-corrected chi connectivity index (χ2v) is 8.07. The van der Waals surface area contributed by atoms with E-state index in [2.05, 4.69) is 5.32 Å². The molecule has 0 bridgehead atoms. The number of nitrogens with zero attached hydrogens (tertiary/aromatic N) is 2. The Morgan fingerprint density at radius 2 is 1.77 bits per heavy atom. The number of aromatic nitrogens is 1. The van der Waals surface area contributed by atoms with E-state index < -0.39 is 16.6 Å². The maximum absolute atomic E-state index is 13.7. The molecule has 0 saturated heterocycles. The van der Waals surface area contributed by atoms with Crippen molar-refractivity contribution in [3.63, 3.8) is 0 Å². The summed E-state index contributed by atoms with van der Waals surface area (Å²) in [7, 11) is 0. The van der Waals surface area contributed by atoms with E-state index in [1.165, 1.54) is 30.0 Å². The normalized spacial score (nSPS) is 11.1. The number of fused-ring (bicyclic) bond motifs is 1. The quantitative estimate of drug-likeness (QED) is 0.265. The van der Waals surface area contributed by atoms with Crippen LogP contribution in [0.4, 0.5) is 20.2 Å². The smallest absolute Gasteiger partial charge is 0.283 e. The van der Waals surface area contributed by atoms with Gasteiger partial charge in [0.15, 0.2) is 0 Å². The zero-order valence-corrected chi connectivity index (χ0v) is 17.5. The van der Waals surface area contributed by atoms with Crippen molar-refractivity contribution in [3.05, 3.63) is 94.2 Å². The predicted octanol–water partition coefficient (Wildman–Crippen LogP) is 6.46. The lowest BCUT2D eigenvalue weighted by atomic mass is 10.2. The fourth-order valence-electron chi connectivity index (χ4n) is 3.50. The Kier molecular flexibility index (Phi) is 5.90. The monoisotopic (exact) mass is 439 g/mol. The number of halogens is 2. The number of rotatable bonds is 7. The van der Waals surface area contributed by atoms with Gasteiger partial charge in [-0.25, -0.2) is 8.78 Å². The van der Waals surface area contributed by atoms with Gasteiger partial charge in [-0.15, -0.1) is 0 Å². The van der Waals surface area contributed by atoms with Gasteiger partial charge in [-0.05, 0) is 48.9 Å². The van der Waals surface area contributed by atoms with E-state index in [9.17, 15) is 18.9 Å². The molecule has 158 valence electrons. The van der Waals surface area contributed by atoms with Crippen molar-refractivity contribution in [1.29, 1.82) is 0 Å². The van der Waals surface area contributed by atoms with Crippen molar-refractivity contribution in [2.75, 3.05) is 11.9 Å².